The van der Waals surface area contributed by atoms with Crippen LogP contribution in [0.4, 0.5) is 23.2 Å². The molecule has 0 fully saturated rings. The first-order valence-corrected chi connectivity index (χ1v) is 5.46. The van der Waals surface area contributed by atoms with Crippen LogP contribution < -0.4 is 10.1 Å². The van der Waals surface area contributed by atoms with E-state index < -0.39 is 23.8 Å². The molecule has 0 atom stereocenters. The van der Waals surface area contributed by atoms with Gasteiger partial charge < -0.3 is 10.1 Å². The third-order valence-corrected chi connectivity index (χ3v) is 2.47. The summed E-state index contributed by atoms with van der Waals surface area (Å²) >= 11 is 0. The number of hydrogen-bond acceptors (Lipinski definition) is 4. The van der Waals surface area contributed by atoms with Gasteiger partial charge in [0.1, 0.15) is 5.75 Å². The number of nitro benzene ring substituents is 1. The third-order valence-electron chi connectivity index (χ3n) is 2.47. The molecule has 0 aliphatic carbocycles. The van der Waals surface area contributed by atoms with E-state index in [2.05, 4.69) is 5.32 Å². The van der Waals surface area contributed by atoms with E-state index in [4.69, 9.17) is 4.74 Å². The normalized spacial score (nSPS) is 11.7. The highest BCUT2D eigenvalue weighted by Gasteiger charge is 2.40. The molecule has 9 heteroatoms. The molecule has 0 amide bonds. The van der Waals surface area contributed by atoms with Crippen LogP contribution in [0.3, 0.4) is 0 Å². The predicted molar refractivity (Wildman–Crippen MR) is 62.3 cm³/mol. The molecule has 0 saturated heterocycles. The Morgan fingerprint density at radius 2 is 2.10 bits per heavy atom. The van der Waals surface area contributed by atoms with E-state index in [1.165, 1.54) is 19.2 Å². The van der Waals surface area contributed by atoms with Gasteiger partial charge in [-0.1, -0.05) is 0 Å². The van der Waals surface area contributed by atoms with Crippen LogP contribution in [0, 0.1) is 10.1 Å². The standard InChI is InChI=1S/C11H12F4N2O3/c1-20-9-3-2-8(17(18)19)4-7(9)5-16-6-11(14,15)10(12)13/h2-4,10,16H,5-6H2,1H3. The van der Waals surface area contributed by atoms with Gasteiger partial charge >= 0.3 is 12.3 Å². The Bertz CT molecular complexity index is 483. The summed E-state index contributed by atoms with van der Waals surface area (Å²) in [7, 11) is 1.30. The minimum atomic E-state index is -4.16. The predicted octanol–water partition coefficient (Wildman–Crippen LogP) is 2.59. The van der Waals surface area contributed by atoms with E-state index in [9.17, 15) is 27.7 Å². The Labute approximate surface area is 111 Å². The van der Waals surface area contributed by atoms with Gasteiger partial charge in [-0.2, -0.15) is 8.78 Å². The SMILES string of the molecule is COc1ccc([N+](=O)[O-])cc1CNCC(F)(F)C(F)F. The molecule has 112 valence electrons. The molecule has 1 aromatic carbocycles. The summed E-state index contributed by atoms with van der Waals surface area (Å²) in [5, 5.41) is 12.7. The smallest absolute Gasteiger partial charge is 0.319 e. The molecule has 1 rings (SSSR count). The molecular formula is C11H12F4N2O3. The zero-order valence-corrected chi connectivity index (χ0v) is 10.4. The van der Waals surface area contributed by atoms with Gasteiger partial charge in [-0.15, -0.1) is 0 Å². The maximum Gasteiger partial charge on any atom is 0.319 e. The van der Waals surface area contributed by atoms with Gasteiger partial charge in [0.05, 0.1) is 18.6 Å². The van der Waals surface area contributed by atoms with E-state index in [1.54, 1.807) is 0 Å². The number of nitrogens with zero attached hydrogens (tertiary/aromatic N) is 1. The number of non-ortho nitro benzene ring substituents is 1. The molecule has 1 aromatic rings. The lowest BCUT2D eigenvalue weighted by atomic mass is 10.1. The van der Waals surface area contributed by atoms with Gasteiger partial charge in [-0.3, -0.25) is 10.1 Å². The van der Waals surface area contributed by atoms with Crippen LogP contribution in [0.25, 0.3) is 0 Å². The highest BCUT2D eigenvalue weighted by molar-refractivity contribution is 5.43. The summed E-state index contributed by atoms with van der Waals surface area (Å²) in [5.74, 6) is -3.92. The Kier molecular flexibility index (Phi) is 5.26. The lowest BCUT2D eigenvalue weighted by molar-refractivity contribution is -0.384. The number of alkyl halides is 4. The summed E-state index contributed by atoms with van der Waals surface area (Å²) in [6, 6.07) is 3.63. The fraction of sp³-hybridized carbons (Fsp3) is 0.455. The largest absolute Gasteiger partial charge is 0.496 e. The third kappa shape index (κ3) is 4.05. The lowest BCUT2D eigenvalue weighted by Crippen LogP contribution is -2.38. The molecule has 0 aliphatic rings. The van der Waals surface area contributed by atoms with Crippen LogP contribution in [0.1, 0.15) is 5.56 Å². The zero-order chi connectivity index (χ0) is 15.3. The van der Waals surface area contributed by atoms with Crippen LogP contribution in [-0.4, -0.2) is 30.9 Å². The molecule has 0 saturated carbocycles. The summed E-state index contributed by atoms with van der Waals surface area (Å²) < 4.78 is 54.2. The summed E-state index contributed by atoms with van der Waals surface area (Å²) in [6.45, 7) is -1.50. The molecule has 0 bridgehead atoms. The molecular weight excluding hydrogens is 284 g/mol. The molecule has 0 aliphatic heterocycles. The number of nitro groups is 1. The Morgan fingerprint density at radius 3 is 2.60 bits per heavy atom. The van der Waals surface area contributed by atoms with Crippen molar-refractivity contribution < 1.29 is 27.2 Å². The Balaban J connectivity index is 2.76. The van der Waals surface area contributed by atoms with Gasteiger partial charge in [-0.05, 0) is 6.07 Å². The van der Waals surface area contributed by atoms with Crippen molar-refractivity contribution in [3.05, 3.63) is 33.9 Å². The van der Waals surface area contributed by atoms with Crippen molar-refractivity contribution in [2.75, 3.05) is 13.7 Å². The first-order chi connectivity index (χ1) is 9.27. The number of benzene rings is 1. The summed E-state index contributed by atoms with van der Waals surface area (Å²) in [5.41, 5.74) is -0.0185. The maximum atomic E-state index is 12.7. The lowest BCUT2D eigenvalue weighted by Gasteiger charge is -2.16. The quantitative estimate of drug-likeness (QED) is 0.477. The highest BCUT2D eigenvalue weighted by atomic mass is 19.3. The number of halogens is 4. The second-order valence-electron chi connectivity index (χ2n) is 3.92. The Hall–Kier alpha value is -1.90. The average Bonchev–Trinajstić information content (AvgIpc) is 2.38. The van der Waals surface area contributed by atoms with Crippen LogP contribution >= 0.6 is 0 Å². The van der Waals surface area contributed by atoms with E-state index in [-0.39, 0.29) is 23.5 Å². The topological polar surface area (TPSA) is 64.4 Å². The highest BCUT2D eigenvalue weighted by Crippen LogP contribution is 2.25. The Morgan fingerprint density at radius 1 is 1.45 bits per heavy atom. The van der Waals surface area contributed by atoms with Crippen molar-refractivity contribution >= 4 is 5.69 Å². The van der Waals surface area contributed by atoms with E-state index in [0.717, 1.165) is 6.07 Å². The molecule has 0 radical (unpaired) electrons. The number of methoxy groups -OCH3 is 1. The first kappa shape index (κ1) is 16.2. The number of nitrogens with one attached hydrogen (secondary N) is 1. The summed E-state index contributed by atoms with van der Waals surface area (Å²) in [6.07, 6.45) is -3.78. The van der Waals surface area contributed by atoms with Crippen molar-refractivity contribution in [3.8, 4) is 5.75 Å². The molecule has 5 nitrogen and oxygen atoms in total. The average molecular weight is 296 g/mol. The molecule has 0 spiro atoms. The first-order valence-electron chi connectivity index (χ1n) is 5.46. The van der Waals surface area contributed by atoms with Crippen LogP contribution in [0.2, 0.25) is 0 Å². The van der Waals surface area contributed by atoms with E-state index in [0.29, 0.717) is 0 Å². The van der Waals surface area contributed by atoms with Crippen LogP contribution in [-0.2, 0) is 6.54 Å². The van der Waals surface area contributed by atoms with Gasteiger partial charge in [-0.25, -0.2) is 8.78 Å². The van der Waals surface area contributed by atoms with Gasteiger partial charge in [0.25, 0.3) is 5.69 Å². The maximum absolute atomic E-state index is 12.7. The second-order valence-corrected chi connectivity index (χ2v) is 3.92. The van der Waals surface area contributed by atoms with Crippen molar-refractivity contribution in [2.45, 2.75) is 18.9 Å². The van der Waals surface area contributed by atoms with Crippen LogP contribution in [0.5, 0.6) is 5.75 Å². The molecule has 1 N–H and O–H groups in total. The van der Waals surface area contributed by atoms with Gasteiger partial charge in [0, 0.05) is 24.2 Å². The van der Waals surface area contributed by atoms with Crippen molar-refractivity contribution in [2.24, 2.45) is 0 Å². The van der Waals surface area contributed by atoms with Crippen LogP contribution in [0.15, 0.2) is 18.2 Å². The zero-order valence-electron chi connectivity index (χ0n) is 10.4. The number of ether oxygens (including phenoxy) is 1. The van der Waals surface area contributed by atoms with Gasteiger partial charge in [0.2, 0.25) is 0 Å². The fourth-order valence-corrected chi connectivity index (χ4v) is 1.46. The fourth-order valence-electron chi connectivity index (χ4n) is 1.46. The van der Waals surface area contributed by atoms with E-state index >= 15 is 0 Å². The molecule has 0 unspecified atom stereocenters. The van der Waals surface area contributed by atoms with E-state index in [1.807, 2.05) is 0 Å². The molecule has 20 heavy (non-hydrogen) atoms. The van der Waals surface area contributed by atoms with Crippen molar-refractivity contribution in [3.63, 3.8) is 0 Å². The number of hydrogen-bond donors (Lipinski definition) is 1. The minimum absolute atomic E-state index is 0.228. The van der Waals surface area contributed by atoms with Crippen molar-refractivity contribution in [1.82, 2.24) is 5.32 Å². The number of rotatable bonds is 7. The molecule has 0 aromatic heterocycles. The summed E-state index contributed by atoms with van der Waals surface area (Å²) in [4.78, 5) is 9.94. The van der Waals surface area contributed by atoms with Crippen molar-refractivity contribution in [1.29, 1.82) is 0 Å². The monoisotopic (exact) mass is 296 g/mol. The van der Waals surface area contributed by atoms with Gasteiger partial charge in [0.15, 0.2) is 0 Å². The second kappa shape index (κ2) is 6.51. The molecule has 0 heterocycles. The minimum Gasteiger partial charge on any atom is -0.496 e.